The van der Waals surface area contributed by atoms with E-state index in [-0.39, 0.29) is 11.6 Å². The van der Waals surface area contributed by atoms with Crippen LogP contribution < -0.4 is 5.32 Å². The number of benzene rings is 1. The zero-order valence-corrected chi connectivity index (χ0v) is 12.1. The van der Waals surface area contributed by atoms with Crippen molar-refractivity contribution in [3.63, 3.8) is 0 Å². The van der Waals surface area contributed by atoms with Gasteiger partial charge in [0.1, 0.15) is 5.69 Å². The lowest BCUT2D eigenvalue weighted by molar-refractivity contribution is -0.115. The number of aromatic amines is 1. The van der Waals surface area contributed by atoms with Gasteiger partial charge in [0.05, 0.1) is 6.42 Å². The number of hydrogen-bond acceptors (Lipinski definition) is 2. The minimum atomic E-state index is -0.896. The smallest absolute Gasteiger partial charge is 0.352 e. The van der Waals surface area contributed by atoms with Gasteiger partial charge in [-0.15, -0.1) is 0 Å². The number of carboxylic acid groups (broad SMARTS) is 1. The number of amides is 1. The van der Waals surface area contributed by atoms with Crippen molar-refractivity contribution in [2.45, 2.75) is 26.7 Å². The van der Waals surface area contributed by atoms with E-state index < -0.39 is 5.97 Å². The highest BCUT2D eigenvalue weighted by Gasteiger charge is 2.15. The predicted molar refractivity (Wildman–Crippen MR) is 80.6 cm³/mol. The fourth-order valence-electron chi connectivity index (χ4n) is 2.25. The number of nitrogens with one attached hydrogen (secondary N) is 2. The van der Waals surface area contributed by atoms with Gasteiger partial charge in [-0.1, -0.05) is 25.1 Å². The highest BCUT2D eigenvalue weighted by atomic mass is 16.4. The van der Waals surface area contributed by atoms with Gasteiger partial charge in [0, 0.05) is 11.4 Å². The standard InChI is InChI=1S/C8H11NO2.C8H7NO/c1-3-6-5(2)4-7(9-6)8(10)11;10-8-5-6-3-1-2-4-7(6)9-8/h4,9H,3H2,1-2H3,(H,10,11);1-4H,5H2,(H,9,10). The van der Waals surface area contributed by atoms with Crippen molar-refractivity contribution in [2.75, 3.05) is 5.32 Å². The molecule has 0 aliphatic carbocycles. The van der Waals surface area contributed by atoms with E-state index >= 15 is 0 Å². The van der Waals surface area contributed by atoms with Crippen LogP contribution in [-0.2, 0) is 17.6 Å². The van der Waals surface area contributed by atoms with Crippen LogP contribution in [0.4, 0.5) is 5.69 Å². The maximum absolute atomic E-state index is 10.8. The molecule has 0 saturated heterocycles. The number of para-hydroxylation sites is 1. The number of carboxylic acids is 1. The quantitative estimate of drug-likeness (QED) is 0.794. The summed E-state index contributed by atoms with van der Waals surface area (Å²) in [6.07, 6.45) is 1.38. The van der Waals surface area contributed by atoms with Crippen LogP contribution in [0.5, 0.6) is 0 Å². The third-order valence-corrected chi connectivity index (χ3v) is 3.35. The van der Waals surface area contributed by atoms with Crippen LogP contribution >= 0.6 is 0 Å². The molecule has 1 aliphatic heterocycles. The van der Waals surface area contributed by atoms with Crippen molar-refractivity contribution in [1.29, 1.82) is 0 Å². The van der Waals surface area contributed by atoms with E-state index in [0.717, 1.165) is 28.9 Å². The largest absolute Gasteiger partial charge is 0.477 e. The lowest BCUT2D eigenvalue weighted by Gasteiger charge is -1.93. The zero-order valence-electron chi connectivity index (χ0n) is 12.1. The Labute approximate surface area is 123 Å². The minimum Gasteiger partial charge on any atom is -0.477 e. The molecule has 2 heterocycles. The maximum Gasteiger partial charge on any atom is 0.352 e. The van der Waals surface area contributed by atoms with E-state index in [0.29, 0.717) is 6.42 Å². The molecule has 1 aromatic heterocycles. The summed E-state index contributed by atoms with van der Waals surface area (Å²) < 4.78 is 0. The number of aromatic carboxylic acids is 1. The minimum absolute atomic E-state index is 0.0983. The SMILES string of the molecule is CCc1[nH]c(C(=O)O)cc1C.O=C1Cc2ccccc2N1. The molecule has 3 N–H and O–H groups in total. The normalized spacial score (nSPS) is 12.2. The fourth-order valence-corrected chi connectivity index (χ4v) is 2.25. The monoisotopic (exact) mass is 286 g/mol. The van der Waals surface area contributed by atoms with E-state index in [1.54, 1.807) is 6.07 Å². The van der Waals surface area contributed by atoms with Gasteiger partial charge in [0.15, 0.2) is 0 Å². The second-order valence-corrected chi connectivity index (χ2v) is 4.89. The summed E-state index contributed by atoms with van der Waals surface area (Å²) in [7, 11) is 0. The van der Waals surface area contributed by atoms with Crippen molar-refractivity contribution < 1.29 is 14.7 Å². The Bertz CT molecular complexity index is 647. The Hall–Kier alpha value is -2.56. The van der Waals surface area contributed by atoms with Crippen molar-refractivity contribution in [3.05, 3.63) is 52.8 Å². The van der Waals surface area contributed by atoms with E-state index in [1.165, 1.54) is 0 Å². The second-order valence-electron chi connectivity index (χ2n) is 4.89. The first-order valence-electron chi connectivity index (χ1n) is 6.80. The molecule has 5 heteroatoms. The maximum atomic E-state index is 10.8. The zero-order chi connectivity index (χ0) is 15.4. The molecule has 0 atom stereocenters. The van der Waals surface area contributed by atoms with Crippen LogP contribution in [0.2, 0.25) is 0 Å². The van der Waals surface area contributed by atoms with Gasteiger partial charge in [-0.25, -0.2) is 4.79 Å². The van der Waals surface area contributed by atoms with Crippen LogP contribution in [0.1, 0.15) is 34.2 Å². The Balaban J connectivity index is 0.000000154. The number of aryl methyl sites for hydroxylation is 2. The molecule has 0 spiro atoms. The highest BCUT2D eigenvalue weighted by molar-refractivity contribution is 5.98. The van der Waals surface area contributed by atoms with Crippen LogP contribution in [0, 0.1) is 6.92 Å². The second kappa shape index (κ2) is 6.26. The molecule has 2 aromatic rings. The molecule has 0 unspecified atom stereocenters. The number of aromatic nitrogens is 1. The molecule has 110 valence electrons. The molecule has 21 heavy (non-hydrogen) atoms. The third kappa shape index (κ3) is 3.51. The lowest BCUT2D eigenvalue weighted by Crippen LogP contribution is -2.03. The molecule has 1 aromatic carbocycles. The Morgan fingerprint density at radius 3 is 2.57 bits per heavy atom. The number of hydrogen-bond donors (Lipinski definition) is 3. The number of fused-ring (bicyclic) bond motifs is 1. The van der Waals surface area contributed by atoms with Crippen LogP contribution in [0.3, 0.4) is 0 Å². The average molecular weight is 286 g/mol. The van der Waals surface area contributed by atoms with Gasteiger partial charge in [0.25, 0.3) is 0 Å². The van der Waals surface area contributed by atoms with Gasteiger partial charge in [-0.05, 0) is 36.6 Å². The molecular formula is C16H18N2O3. The van der Waals surface area contributed by atoms with Crippen molar-refractivity contribution in [3.8, 4) is 0 Å². The van der Waals surface area contributed by atoms with E-state index in [2.05, 4.69) is 10.3 Å². The number of anilines is 1. The highest BCUT2D eigenvalue weighted by Crippen LogP contribution is 2.21. The topological polar surface area (TPSA) is 82.2 Å². The summed E-state index contributed by atoms with van der Waals surface area (Å²) in [6, 6.07) is 9.40. The Kier molecular flexibility index (Phi) is 4.42. The molecule has 1 amide bonds. The van der Waals surface area contributed by atoms with Gasteiger partial charge in [-0.3, -0.25) is 4.79 Å². The van der Waals surface area contributed by atoms with Crippen LogP contribution in [0.25, 0.3) is 0 Å². The van der Waals surface area contributed by atoms with Gasteiger partial charge < -0.3 is 15.4 Å². The average Bonchev–Trinajstić information content (AvgIpc) is 3.00. The molecule has 1 aliphatic rings. The third-order valence-electron chi connectivity index (χ3n) is 3.35. The number of carbonyl (C=O) groups is 2. The number of rotatable bonds is 2. The van der Waals surface area contributed by atoms with Crippen molar-refractivity contribution >= 4 is 17.6 Å². The Morgan fingerprint density at radius 1 is 1.33 bits per heavy atom. The molecule has 3 rings (SSSR count). The van der Waals surface area contributed by atoms with Crippen LogP contribution in [0.15, 0.2) is 30.3 Å². The number of carbonyl (C=O) groups excluding carboxylic acids is 1. The predicted octanol–water partition coefficient (Wildman–Crippen LogP) is 2.76. The first-order chi connectivity index (χ1) is 10.0. The van der Waals surface area contributed by atoms with Crippen molar-refractivity contribution in [2.24, 2.45) is 0 Å². The first-order valence-corrected chi connectivity index (χ1v) is 6.80. The Morgan fingerprint density at radius 2 is 2.05 bits per heavy atom. The molecule has 0 saturated carbocycles. The molecule has 5 nitrogen and oxygen atoms in total. The molecule has 0 radical (unpaired) electrons. The van der Waals surface area contributed by atoms with Gasteiger partial charge in [-0.2, -0.15) is 0 Å². The van der Waals surface area contributed by atoms with Gasteiger partial charge in [0.2, 0.25) is 5.91 Å². The molecule has 0 fully saturated rings. The first kappa shape index (κ1) is 14.8. The summed E-state index contributed by atoms with van der Waals surface area (Å²) in [5, 5.41) is 11.3. The summed E-state index contributed by atoms with van der Waals surface area (Å²) >= 11 is 0. The summed E-state index contributed by atoms with van der Waals surface area (Å²) in [4.78, 5) is 24.1. The lowest BCUT2D eigenvalue weighted by atomic mass is 10.2. The number of H-pyrrole nitrogens is 1. The van der Waals surface area contributed by atoms with Crippen LogP contribution in [-0.4, -0.2) is 22.0 Å². The summed E-state index contributed by atoms with van der Waals surface area (Å²) in [5.74, 6) is -0.797. The fraction of sp³-hybridized carbons (Fsp3) is 0.250. The van der Waals surface area contributed by atoms with E-state index in [1.807, 2.05) is 38.1 Å². The van der Waals surface area contributed by atoms with E-state index in [4.69, 9.17) is 5.11 Å². The van der Waals surface area contributed by atoms with Crippen molar-refractivity contribution in [1.82, 2.24) is 4.98 Å². The molecule has 0 bridgehead atoms. The summed E-state index contributed by atoms with van der Waals surface area (Å²) in [6.45, 7) is 3.90. The summed E-state index contributed by atoms with van der Waals surface area (Å²) in [5.41, 5.74) is 4.37. The molecular weight excluding hydrogens is 268 g/mol. The van der Waals surface area contributed by atoms with Gasteiger partial charge >= 0.3 is 5.97 Å². The van der Waals surface area contributed by atoms with E-state index in [9.17, 15) is 9.59 Å².